The Morgan fingerprint density at radius 3 is 2.58 bits per heavy atom. The third kappa shape index (κ3) is 4.18. The summed E-state index contributed by atoms with van der Waals surface area (Å²) >= 11 is 0. The molecule has 2 atom stereocenters. The van der Waals surface area contributed by atoms with Gasteiger partial charge in [-0.2, -0.15) is 0 Å². The molecule has 0 spiro atoms. The number of hydrogen-bond acceptors (Lipinski definition) is 7. The predicted molar refractivity (Wildman–Crippen MR) is 115 cm³/mol. The summed E-state index contributed by atoms with van der Waals surface area (Å²) in [6.07, 6.45) is 0.972. The van der Waals surface area contributed by atoms with E-state index in [0.717, 1.165) is 16.7 Å². The molecule has 3 aromatic rings. The third-order valence-electron chi connectivity index (χ3n) is 5.20. The Kier molecular flexibility index (Phi) is 5.30. The molecule has 2 unspecified atom stereocenters. The minimum atomic E-state index is -3.39. The topological polar surface area (TPSA) is 103 Å². The van der Waals surface area contributed by atoms with Crippen LogP contribution in [0.5, 0.6) is 0 Å². The highest BCUT2D eigenvalue weighted by Gasteiger charge is 2.33. The molecule has 2 heterocycles. The summed E-state index contributed by atoms with van der Waals surface area (Å²) in [5, 5.41) is 8.03. The standard InChI is InChI=1S/C22H23N3O5S/c1-13-5-7-16(8-6-13)21-24-23-20(30-21)15(3)29-22(26)17-9-10-19-18(12-17)11-14(2)25(19)31(4,27)28/h5-10,12,14-15H,11H2,1-4H3. The number of aromatic nitrogens is 2. The number of carbonyl (C=O) groups is 1. The highest BCUT2D eigenvalue weighted by Crippen LogP contribution is 2.35. The fourth-order valence-electron chi connectivity index (χ4n) is 3.73. The van der Waals surface area contributed by atoms with Crippen LogP contribution >= 0.6 is 0 Å². The average molecular weight is 442 g/mol. The van der Waals surface area contributed by atoms with Crippen molar-refractivity contribution in [1.82, 2.24) is 10.2 Å². The number of hydrogen-bond donors (Lipinski definition) is 0. The van der Waals surface area contributed by atoms with Gasteiger partial charge in [0, 0.05) is 11.6 Å². The van der Waals surface area contributed by atoms with Crippen molar-refractivity contribution < 1.29 is 22.4 Å². The van der Waals surface area contributed by atoms with Gasteiger partial charge in [-0.05, 0) is 63.1 Å². The molecular weight excluding hydrogens is 418 g/mol. The number of rotatable bonds is 5. The van der Waals surface area contributed by atoms with Crippen molar-refractivity contribution in [3.63, 3.8) is 0 Å². The molecule has 8 nitrogen and oxygen atoms in total. The molecule has 0 fully saturated rings. The van der Waals surface area contributed by atoms with Crippen molar-refractivity contribution in [1.29, 1.82) is 0 Å². The molecule has 2 aromatic carbocycles. The van der Waals surface area contributed by atoms with Gasteiger partial charge in [-0.25, -0.2) is 13.2 Å². The molecule has 0 amide bonds. The van der Waals surface area contributed by atoms with E-state index in [1.54, 1.807) is 25.1 Å². The first-order chi connectivity index (χ1) is 14.6. The second-order valence-corrected chi connectivity index (χ2v) is 9.67. The number of aryl methyl sites for hydroxylation is 1. The molecule has 1 aliphatic heterocycles. The van der Waals surface area contributed by atoms with Gasteiger partial charge >= 0.3 is 5.97 Å². The van der Waals surface area contributed by atoms with Crippen LogP contribution in [0, 0.1) is 6.92 Å². The summed E-state index contributed by atoms with van der Waals surface area (Å²) < 4.78 is 36.7. The van der Waals surface area contributed by atoms with Crippen LogP contribution in [0.3, 0.4) is 0 Å². The molecule has 9 heteroatoms. The third-order valence-corrected chi connectivity index (χ3v) is 6.47. The van der Waals surface area contributed by atoms with Crippen molar-refractivity contribution in [2.75, 3.05) is 10.6 Å². The molecule has 0 N–H and O–H groups in total. The molecule has 1 aliphatic rings. The largest absolute Gasteiger partial charge is 0.449 e. The summed E-state index contributed by atoms with van der Waals surface area (Å²) in [4.78, 5) is 12.7. The Morgan fingerprint density at radius 2 is 1.90 bits per heavy atom. The predicted octanol–water partition coefficient (Wildman–Crippen LogP) is 3.67. The maximum absolute atomic E-state index is 12.7. The van der Waals surface area contributed by atoms with Gasteiger partial charge in [0.15, 0.2) is 6.10 Å². The number of carbonyl (C=O) groups excluding carboxylic acids is 1. The first-order valence-electron chi connectivity index (χ1n) is 9.87. The van der Waals surface area contributed by atoms with Crippen molar-refractivity contribution in [2.45, 2.75) is 39.3 Å². The van der Waals surface area contributed by atoms with E-state index in [0.29, 0.717) is 23.6 Å². The smallest absolute Gasteiger partial charge is 0.338 e. The van der Waals surface area contributed by atoms with Gasteiger partial charge in [0.2, 0.25) is 15.9 Å². The Hall–Kier alpha value is -3.20. The van der Waals surface area contributed by atoms with Crippen molar-refractivity contribution in [2.24, 2.45) is 0 Å². The quantitative estimate of drug-likeness (QED) is 0.557. The number of benzene rings is 2. The zero-order chi connectivity index (χ0) is 22.3. The van der Waals surface area contributed by atoms with E-state index in [1.165, 1.54) is 10.6 Å². The lowest BCUT2D eigenvalue weighted by Crippen LogP contribution is -2.34. The van der Waals surface area contributed by atoms with Gasteiger partial charge in [-0.15, -0.1) is 10.2 Å². The fourth-order valence-corrected chi connectivity index (χ4v) is 4.99. The molecule has 0 saturated carbocycles. The average Bonchev–Trinajstić information content (AvgIpc) is 3.31. The van der Waals surface area contributed by atoms with Crippen LogP contribution in [0.15, 0.2) is 46.9 Å². The highest BCUT2D eigenvalue weighted by molar-refractivity contribution is 7.92. The number of anilines is 1. The van der Waals surface area contributed by atoms with Crippen LogP contribution in [0.1, 0.15) is 47.3 Å². The van der Waals surface area contributed by atoms with E-state index in [-0.39, 0.29) is 11.9 Å². The minimum absolute atomic E-state index is 0.196. The van der Waals surface area contributed by atoms with E-state index in [4.69, 9.17) is 9.15 Å². The molecule has 4 rings (SSSR count). The van der Waals surface area contributed by atoms with Gasteiger partial charge in [0.25, 0.3) is 5.89 Å². The molecule has 0 saturated heterocycles. The fraction of sp³-hybridized carbons (Fsp3) is 0.318. The van der Waals surface area contributed by atoms with Gasteiger partial charge in [0.05, 0.1) is 17.5 Å². The van der Waals surface area contributed by atoms with E-state index in [1.807, 2.05) is 38.1 Å². The number of esters is 1. The van der Waals surface area contributed by atoms with E-state index >= 15 is 0 Å². The second-order valence-electron chi connectivity index (χ2n) is 7.81. The van der Waals surface area contributed by atoms with Crippen molar-refractivity contribution in [3.05, 3.63) is 65.0 Å². The second kappa shape index (κ2) is 7.81. The lowest BCUT2D eigenvalue weighted by Gasteiger charge is -2.21. The summed E-state index contributed by atoms with van der Waals surface area (Å²) in [5.74, 6) is 0.00286. The molecule has 0 bridgehead atoms. The Morgan fingerprint density at radius 1 is 1.19 bits per heavy atom. The number of fused-ring (bicyclic) bond motifs is 1. The van der Waals surface area contributed by atoms with E-state index < -0.39 is 22.1 Å². The summed E-state index contributed by atoms with van der Waals surface area (Å²) in [5.41, 5.74) is 3.63. The van der Waals surface area contributed by atoms with Crippen LogP contribution in [-0.2, 0) is 21.2 Å². The van der Waals surface area contributed by atoms with Gasteiger partial charge in [0.1, 0.15) is 0 Å². The molecular formula is C22H23N3O5S. The van der Waals surface area contributed by atoms with Crippen molar-refractivity contribution >= 4 is 21.7 Å². The number of nitrogens with zero attached hydrogens (tertiary/aromatic N) is 3. The maximum Gasteiger partial charge on any atom is 0.338 e. The maximum atomic E-state index is 12.7. The molecule has 1 aromatic heterocycles. The Bertz CT molecular complexity index is 1230. The minimum Gasteiger partial charge on any atom is -0.449 e. The summed E-state index contributed by atoms with van der Waals surface area (Å²) in [6, 6.07) is 12.3. The first-order valence-corrected chi connectivity index (χ1v) is 11.7. The Labute approximate surface area is 180 Å². The highest BCUT2D eigenvalue weighted by atomic mass is 32.2. The van der Waals surface area contributed by atoms with Crippen LogP contribution in [0.2, 0.25) is 0 Å². The Balaban J connectivity index is 1.49. The summed E-state index contributed by atoms with van der Waals surface area (Å²) in [7, 11) is -3.39. The van der Waals surface area contributed by atoms with Crippen LogP contribution in [0.25, 0.3) is 11.5 Å². The van der Waals surface area contributed by atoms with E-state index in [2.05, 4.69) is 10.2 Å². The van der Waals surface area contributed by atoms with Gasteiger partial charge < -0.3 is 9.15 Å². The zero-order valence-electron chi connectivity index (χ0n) is 17.7. The zero-order valence-corrected chi connectivity index (χ0v) is 18.5. The monoisotopic (exact) mass is 441 g/mol. The lowest BCUT2D eigenvalue weighted by molar-refractivity contribution is 0.0280. The van der Waals surface area contributed by atoms with Crippen molar-refractivity contribution in [3.8, 4) is 11.5 Å². The van der Waals surface area contributed by atoms with Crippen LogP contribution in [0.4, 0.5) is 5.69 Å². The number of ether oxygens (including phenoxy) is 1. The first kappa shape index (κ1) is 21.0. The normalized spacial score (nSPS) is 16.8. The van der Waals surface area contributed by atoms with Gasteiger partial charge in [-0.1, -0.05) is 17.7 Å². The van der Waals surface area contributed by atoms with Crippen LogP contribution < -0.4 is 4.31 Å². The van der Waals surface area contributed by atoms with Gasteiger partial charge in [-0.3, -0.25) is 4.31 Å². The number of sulfonamides is 1. The van der Waals surface area contributed by atoms with Crippen LogP contribution in [-0.4, -0.2) is 36.9 Å². The molecule has 31 heavy (non-hydrogen) atoms. The SMILES string of the molecule is Cc1ccc(-c2nnc(C(C)OC(=O)c3ccc4c(c3)CC(C)N4S(C)(=O)=O)o2)cc1. The summed E-state index contributed by atoms with van der Waals surface area (Å²) in [6.45, 7) is 5.48. The van der Waals surface area contributed by atoms with E-state index in [9.17, 15) is 13.2 Å². The molecule has 162 valence electrons. The molecule has 0 aliphatic carbocycles. The molecule has 0 radical (unpaired) electrons. The lowest BCUT2D eigenvalue weighted by atomic mass is 10.1.